The van der Waals surface area contributed by atoms with Crippen LogP contribution in [0.2, 0.25) is 5.02 Å². The fourth-order valence-corrected chi connectivity index (χ4v) is 2.23. The van der Waals surface area contributed by atoms with Gasteiger partial charge < -0.3 is 5.32 Å². The zero-order chi connectivity index (χ0) is 15.4. The topological polar surface area (TPSA) is 54.9 Å². The van der Waals surface area contributed by atoms with E-state index in [1.807, 2.05) is 6.26 Å². The first kappa shape index (κ1) is 15.7. The highest BCUT2D eigenvalue weighted by atomic mass is 35.5. The number of nitrogens with one attached hydrogen (secondary N) is 1. The van der Waals surface area contributed by atoms with E-state index in [1.165, 1.54) is 30.1 Å². The van der Waals surface area contributed by atoms with E-state index in [-0.39, 0.29) is 22.6 Å². The van der Waals surface area contributed by atoms with E-state index in [4.69, 9.17) is 11.6 Å². The Balaban J connectivity index is 2.15. The van der Waals surface area contributed by atoms with E-state index in [1.54, 1.807) is 19.1 Å². The summed E-state index contributed by atoms with van der Waals surface area (Å²) < 4.78 is 12.9. The number of carbonyl (C=O) groups excluding carboxylic acids is 1. The van der Waals surface area contributed by atoms with Crippen LogP contribution in [0.1, 0.15) is 29.0 Å². The largest absolute Gasteiger partial charge is 0.344 e. The maximum absolute atomic E-state index is 12.9. The Kier molecular flexibility index (Phi) is 5.14. The fourth-order valence-electron chi connectivity index (χ4n) is 1.71. The summed E-state index contributed by atoms with van der Waals surface area (Å²) in [6.45, 7) is 1.80. The first-order valence-corrected chi connectivity index (χ1v) is 7.74. The number of thioether (sulfide) groups is 1. The number of aromatic nitrogens is 2. The van der Waals surface area contributed by atoms with Crippen LogP contribution in [0, 0.1) is 5.82 Å². The van der Waals surface area contributed by atoms with Crippen molar-refractivity contribution in [2.24, 2.45) is 0 Å². The number of hydrogen-bond donors (Lipinski definition) is 1. The second-order valence-corrected chi connectivity index (χ2v) is 5.48. The summed E-state index contributed by atoms with van der Waals surface area (Å²) in [4.78, 5) is 20.3. The third kappa shape index (κ3) is 3.92. The summed E-state index contributed by atoms with van der Waals surface area (Å²) in [5.41, 5.74) is 0.921. The number of amides is 1. The quantitative estimate of drug-likeness (QED) is 0.690. The van der Waals surface area contributed by atoms with Crippen molar-refractivity contribution in [3.8, 4) is 0 Å². The van der Waals surface area contributed by atoms with Crippen LogP contribution in [-0.2, 0) is 0 Å². The Hall–Kier alpha value is -1.66. The minimum absolute atomic E-state index is 0.130. The van der Waals surface area contributed by atoms with Crippen molar-refractivity contribution >= 4 is 29.3 Å². The van der Waals surface area contributed by atoms with E-state index in [0.717, 1.165) is 5.56 Å². The van der Waals surface area contributed by atoms with Crippen LogP contribution in [0.25, 0.3) is 0 Å². The SMILES string of the molecule is CSc1ncc(Cl)c(C(=O)NC(C)c2ccc(F)cc2)n1. The molecule has 0 saturated carbocycles. The molecule has 0 aliphatic heterocycles. The molecular weight excluding hydrogens is 313 g/mol. The third-order valence-electron chi connectivity index (χ3n) is 2.84. The van der Waals surface area contributed by atoms with Gasteiger partial charge in [-0.1, -0.05) is 35.5 Å². The summed E-state index contributed by atoms with van der Waals surface area (Å²) in [6, 6.07) is 5.65. The molecule has 110 valence electrons. The molecule has 1 amide bonds. The number of carbonyl (C=O) groups is 1. The summed E-state index contributed by atoms with van der Waals surface area (Å²) in [5.74, 6) is -0.713. The molecule has 1 aromatic carbocycles. The van der Waals surface area contributed by atoms with Crippen molar-refractivity contribution < 1.29 is 9.18 Å². The molecular formula is C14H13ClFN3OS. The van der Waals surface area contributed by atoms with Crippen molar-refractivity contribution in [2.45, 2.75) is 18.1 Å². The second kappa shape index (κ2) is 6.87. The molecule has 0 spiro atoms. The van der Waals surface area contributed by atoms with Crippen LogP contribution < -0.4 is 5.32 Å². The Morgan fingerprint density at radius 3 is 2.67 bits per heavy atom. The lowest BCUT2D eigenvalue weighted by molar-refractivity contribution is 0.0934. The van der Waals surface area contributed by atoms with Gasteiger partial charge in [0.05, 0.1) is 17.3 Å². The predicted octanol–water partition coefficient (Wildman–Crippen LogP) is 3.48. The number of rotatable bonds is 4. The van der Waals surface area contributed by atoms with Crippen molar-refractivity contribution in [3.63, 3.8) is 0 Å². The van der Waals surface area contributed by atoms with Crippen molar-refractivity contribution in [3.05, 3.63) is 52.6 Å². The zero-order valence-corrected chi connectivity index (χ0v) is 13.0. The molecule has 0 fully saturated rings. The number of halogens is 2. The first-order valence-electron chi connectivity index (χ1n) is 6.14. The van der Waals surface area contributed by atoms with Gasteiger partial charge in [-0.25, -0.2) is 14.4 Å². The van der Waals surface area contributed by atoms with Gasteiger partial charge in [-0.05, 0) is 30.9 Å². The minimum Gasteiger partial charge on any atom is -0.344 e. The maximum atomic E-state index is 12.9. The fraction of sp³-hybridized carbons (Fsp3) is 0.214. The molecule has 1 unspecified atom stereocenters. The van der Waals surface area contributed by atoms with Crippen molar-refractivity contribution in [2.75, 3.05) is 6.26 Å². The van der Waals surface area contributed by atoms with Crippen LogP contribution in [-0.4, -0.2) is 22.1 Å². The van der Waals surface area contributed by atoms with Gasteiger partial charge in [0.1, 0.15) is 5.82 Å². The number of hydrogen-bond acceptors (Lipinski definition) is 4. The molecule has 0 bridgehead atoms. The van der Waals surface area contributed by atoms with Crippen LogP contribution in [0.4, 0.5) is 4.39 Å². The summed E-state index contributed by atoms with van der Waals surface area (Å²) in [6.07, 6.45) is 3.21. The van der Waals surface area contributed by atoms with Crippen LogP contribution in [0.15, 0.2) is 35.6 Å². The number of nitrogens with zero attached hydrogens (tertiary/aromatic N) is 2. The van der Waals surface area contributed by atoms with Gasteiger partial charge in [0.25, 0.3) is 5.91 Å². The molecule has 21 heavy (non-hydrogen) atoms. The summed E-state index contributed by atoms with van der Waals surface area (Å²) >= 11 is 7.28. The lowest BCUT2D eigenvalue weighted by Crippen LogP contribution is -2.28. The Morgan fingerprint density at radius 2 is 2.05 bits per heavy atom. The van der Waals surface area contributed by atoms with E-state index in [9.17, 15) is 9.18 Å². The van der Waals surface area contributed by atoms with Crippen molar-refractivity contribution in [1.82, 2.24) is 15.3 Å². The highest BCUT2D eigenvalue weighted by molar-refractivity contribution is 7.98. The molecule has 0 aliphatic carbocycles. The highest BCUT2D eigenvalue weighted by Crippen LogP contribution is 2.18. The predicted molar refractivity (Wildman–Crippen MR) is 81.1 cm³/mol. The Morgan fingerprint density at radius 1 is 1.38 bits per heavy atom. The van der Waals surface area contributed by atoms with Gasteiger partial charge in [0.15, 0.2) is 10.9 Å². The smallest absolute Gasteiger partial charge is 0.272 e. The monoisotopic (exact) mass is 325 g/mol. The molecule has 0 radical (unpaired) electrons. The standard InChI is InChI=1S/C14H13ClFN3OS/c1-8(9-3-5-10(16)6-4-9)18-13(20)12-11(15)7-17-14(19-12)21-2/h3-8H,1-2H3,(H,18,20). The van der Waals surface area contributed by atoms with Gasteiger partial charge in [-0.3, -0.25) is 4.79 Å². The van der Waals surface area contributed by atoms with Gasteiger partial charge in [0, 0.05) is 0 Å². The average molecular weight is 326 g/mol. The van der Waals surface area contributed by atoms with Gasteiger partial charge in [0.2, 0.25) is 0 Å². The molecule has 2 rings (SSSR count). The lowest BCUT2D eigenvalue weighted by atomic mass is 10.1. The Bertz CT molecular complexity index is 651. The first-order chi connectivity index (χ1) is 10.0. The molecule has 1 N–H and O–H groups in total. The Labute approximate surface area is 131 Å². The lowest BCUT2D eigenvalue weighted by Gasteiger charge is -2.14. The molecule has 4 nitrogen and oxygen atoms in total. The maximum Gasteiger partial charge on any atom is 0.272 e. The van der Waals surface area contributed by atoms with Gasteiger partial charge in [-0.15, -0.1) is 0 Å². The highest BCUT2D eigenvalue weighted by Gasteiger charge is 2.17. The summed E-state index contributed by atoms with van der Waals surface area (Å²) in [7, 11) is 0. The van der Waals surface area contributed by atoms with Crippen LogP contribution in [0.3, 0.4) is 0 Å². The minimum atomic E-state index is -0.394. The number of benzene rings is 1. The van der Waals surface area contributed by atoms with Gasteiger partial charge >= 0.3 is 0 Å². The third-order valence-corrected chi connectivity index (χ3v) is 3.68. The van der Waals surface area contributed by atoms with Crippen LogP contribution in [0.5, 0.6) is 0 Å². The van der Waals surface area contributed by atoms with E-state index < -0.39 is 5.91 Å². The molecule has 1 atom stereocenters. The zero-order valence-electron chi connectivity index (χ0n) is 11.4. The second-order valence-electron chi connectivity index (χ2n) is 4.30. The molecule has 1 aromatic heterocycles. The average Bonchev–Trinajstić information content (AvgIpc) is 2.48. The van der Waals surface area contributed by atoms with E-state index in [2.05, 4.69) is 15.3 Å². The van der Waals surface area contributed by atoms with E-state index in [0.29, 0.717) is 5.16 Å². The van der Waals surface area contributed by atoms with Crippen LogP contribution >= 0.6 is 23.4 Å². The normalized spacial score (nSPS) is 12.0. The van der Waals surface area contributed by atoms with E-state index >= 15 is 0 Å². The van der Waals surface area contributed by atoms with Gasteiger partial charge in [-0.2, -0.15) is 0 Å². The molecule has 2 aromatic rings. The molecule has 1 heterocycles. The molecule has 7 heteroatoms. The molecule has 0 aliphatic rings. The molecule has 0 saturated heterocycles. The summed E-state index contributed by atoms with van der Waals surface area (Å²) in [5, 5.41) is 3.44. The van der Waals surface area contributed by atoms with Crippen molar-refractivity contribution in [1.29, 1.82) is 0 Å².